The number of ether oxygens (including phenoxy) is 1. The maximum absolute atomic E-state index is 12.5. The number of nitrogens with one attached hydrogen (secondary N) is 3. The van der Waals surface area contributed by atoms with Gasteiger partial charge in [-0.15, -0.1) is 0 Å². The Morgan fingerprint density at radius 2 is 1.94 bits per heavy atom. The lowest BCUT2D eigenvalue weighted by atomic mass is 10.1. The van der Waals surface area contributed by atoms with E-state index in [9.17, 15) is 13.2 Å². The van der Waals surface area contributed by atoms with Crippen molar-refractivity contribution in [1.82, 2.24) is 25.8 Å². The summed E-state index contributed by atoms with van der Waals surface area (Å²) in [6.45, 7) is 1.21. The summed E-state index contributed by atoms with van der Waals surface area (Å²) in [5.41, 5.74) is 3.33. The first-order valence-corrected chi connectivity index (χ1v) is 9.52. The van der Waals surface area contributed by atoms with Gasteiger partial charge < -0.3 is 15.4 Å². The van der Waals surface area contributed by atoms with Crippen LogP contribution < -0.4 is 15.4 Å². The number of alkyl halides is 3. The summed E-state index contributed by atoms with van der Waals surface area (Å²) in [6, 6.07) is 12.9. The Hall–Kier alpha value is -3.56. The van der Waals surface area contributed by atoms with Gasteiger partial charge in [-0.25, -0.2) is 4.98 Å². The average Bonchev–Trinajstić information content (AvgIpc) is 3.28. The van der Waals surface area contributed by atoms with Crippen LogP contribution in [0.25, 0.3) is 11.4 Å². The molecule has 10 heteroatoms. The van der Waals surface area contributed by atoms with E-state index in [-0.39, 0.29) is 12.3 Å². The van der Waals surface area contributed by atoms with Gasteiger partial charge in [-0.2, -0.15) is 18.3 Å². The van der Waals surface area contributed by atoms with Gasteiger partial charge in [0.15, 0.2) is 18.4 Å². The summed E-state index contributed by atoms with van der Waals surface area (Å²) >= 11 is 0. The summed E-state index contributed by atoms with van der Waals surface area (Å²) in [7, 11) is 1.62. The standard InChI is InChI=1S/C21H23F3N6O/c1-14-6-7-17(18(8-14)31-12-21(22,23)24)11-27-20(25-2)26-10-15-4-3-5-16(9-15)19-28-13-29-30-19/h3-9,13H,10-12H2,1-2H3,(H2,25,26,27)(H,28,29,30). The summed E-state index contributed by atoms with van der Waals surface area (Å²) in [6.07, 6.45) is -2.95. The van der Waals surface area contributed by atoms with Crippen molar-refractivity contribution in [3.8, 4) is 17.1 Å². The maximum Gasteiger partial charge on any atom is 0.422 e. The first kappa shape index (κ1) is 22.1. The summed E-state index contributed by atoms with van der Waals surface area (Å²) in [5, 5.41) is 13.0. The zero-order chi connectivity index (χ0) is 22.3. The van der Waals surface area contributed by atoms with Gasteiger partial charge in [0.05, 0.1) is 0 Å². The Kier molecular flexibility index (Phi) is 7.11. The van der Waals surface area contributed by atoms with E-state index in [0.717, 1.165) is 16.7 Å². The van der Waals surface area contributed by atoms with Crippen LogP contribution in [0.15, 0.2) is 53.8 Å². The molecule has 0 atom stereocenters. The highest BCUT2D eigenvalue weighted by molar-refractivity contribution is 5.79. The number of hydrogen-bond acceptors (Lipinski definition) is 4. The highest BCUT2D eigenvalue weighted by Gasteiger charge is 2.28. The normalized spacial score (nSPS) is 12.0. The third-order valence-electron chi connectivity index (χ3n) is 4.36. The molecule has 31 heavy (non-hydrogen) atoms. The third-order valence-corrected chi connectivity index (χ3v) is 4.36. The van der Waals surface area contributed by atoms with Gasteiger partial charge in [0.25, 0.3) is 0 Å². The molecule has 7 nitrogen and oxygen atoms in total. The van der Waals surface area contributed by atoms with Crippen LogP contribution in [0, 0.1) is 6.92 Å². The van der Waals surface area contributed by atoms with E-state index >= 15 is 0 Å². The fraction of sp³-hybridized carbons (Fsp3) is 0.286. The van der Waals surface area contributed by atoms with Crippen molar-refractivity contribution in [3.05, 3.63) is 65.5 Å². The molecule has 0 saturated heterocycles. The zero-order valence-corrected chi connectivity index (χ0v) is 17.1. The molecular formula is C21H23F3N6O. The highest BCUT2D eigenvalue weighted by atomic mass is 19.4. The number of aliphatic imine (C=N–C) groups is 1. The van der Waals surface area contributed by atoms with Crippen molar-refractivity contribution < 1.29 is 17.9 Å². The van der Waals surface area contributed by atoms with Crippen molar-refractivity contribution in [1.29, 1.82) is 0 Å². The topological polar surface area (TPSA) is 87.2 Å². The van der Waals surface area contributed by atoms with E-state index in [1.807, 2.05) is 30.3 Å². The molecule has 3 N–H and O–H groups in total. The average molecular weight is 432 g/mol. The molecule has 0 saturated carbocycles. The summed E-state index contributed by atoms with van der Waals surface area (Å²) in [5.74, 6) is 1.38. The highest BCUT2D eigenvalue weighted by Crippen LogP contribution is 2.23. The number of halogens is 3. The summed E-state index contributed by atoms with van der Waals surface area (Å²) in [4.78, 5) is 8.31. The van der Waals surface area contributed by atoms with Crippen molar-refractivity contribution in [3.63, 3.8) is 0 Å². The Labute approximate surface area is 177 Å². The molecule has 0 unspecified atom stereocenters. The fourth-order valence-corrected chi connectivity index (χ4v) is 2.86. The van der Waals surface area contributed by atoms with E-state index in [4.69, 9.17) is 4.74 Å². The van der Waals surface area contributed by atoms with E-state index < -0.39 is 12.8 Å². The fourth-order valence-electron chi connectivity index (χ4n) is 2.86. The molecular weight excluding hydrogens is 409 g/mol. The molecule has 2 aromatic carbocycles. The zero-order valence-electron chi connectivity index (χ0n) is 17.1. The van der Waals surface area contributed by atoms with Crippen LogP contribution in [0.1, 0.15) is 16.7 Å². The van der Waals surface area contributed by atoms with E-state index in [0.29, 0.717) is 23.9 Å². The van der Waals surface area contributed by atoms with Gasteiger partial charge in [0, 0.05) is 31.3 Å². The number of aromatic amines is 1. The second-order valence-corrected chi connectivity index (χ2v) is 6.83. The number of nitrogens with zero attached hydrogens (tertiary/aromatic N) is 3. The van der Waals surface area contributed by atoms with Gasteiger partial charge >= 0.3 is 6.18 Å². The molecule has 164 valence electrons. The number of benzene rings is 2. The van der Waals surface area contributed by atoms with Crippen LogP contribution in [0.5, 0.6) is 5.75 Å². The molecule has 0 aliphatic rings. The maximum atomic E-state index is 12.5. The first-order valence-electron chi connectivity index (χ1n) is 9.52. The molecule has 0 radical (unpaired) electrons. The minimum Gasteiger partial charge on any atom is -0.484 e. The Bertz CT molecular complexity index is 1020. The SMILES string of the molecule is CN=C(NCc1cccc(-c2ncn[nH]2)c1)NCc1ccc(C)cc1OCC(F)(F)F. The molecule has 3 aromatic rings. The van der Waals surface area contributed by atoms with Gasteiger partial charge in [-0.05, 0) is 30.2 Å². The van der Waals surface area contributed by atoms with Crippen molar-refractivity contribution in [2.75, 3.05) is 13.7 Å². The predicted octanol–water partition coefficient (Wildman–Crippen LogP) is 3.59. The lowest BCUT2D eigenvalue weighted by Gasteiger charge is -2.16. The molecule has 0 bridgehead atoms. The summed E-state index contributed by atoms with van der Waals surface area (Å²) < 4.78 is 42.6. The van der Waals surface area contributed by atoms with Crippen LogP contribution in [-0.4, -0.2) is 41.0 Å². The molecule has 1 heterocycles. The smallest absolute Gasteiger partial charge is 0.422 e. The molecule has 0 spiro atoms. The minimum atomic E-state index is -4.40. The quantitative estimate of drug-likeness (QED) is 0.392. The lowest BCUT2D eigenvalue weighted by molar-refractivity contribution is -0.153. The van der Waals surface area contributed by atoms with E-state index in [1.165, 1.54) is 6.33 Å². The van der Waals surface area contributed by atoms with E-state index in [2.05, 4.69) is 30.8 Å². The first-order chi connectivity index (χ1) is 14.8. The monoisotopic (exact) mass is 432 g/mol. The van der Waals surface area contributed by atoms with Crippen molar-refractivity contribution in [2.45, 2.75) is 26.2 Å². The number of rotatable bonds is 7. The lowest BCUT2D eigenvalue weighted by Crippen LogP contribution is -2.36. The second-order valence-electron chi connectivity index (χ2n) is 6.83. The van der Waals surface area contributed by atoms with Crippen LogP contribution in [0.4, 0.5) is 13.2 Å². The van der Waals surface area contributed by atoms with Gasteiger partial charge in [-0.1, -0.05) is 30.3 Å². The number of aryl methyl sites for hydroxylation is 1. The van der Waals surface area contributed by atoms with Crippen LogP contribution >= 0.6 is 0 Å². The number of H-pyrrole nitrogens is 1. The molecule has 0 amide bonds. The number of guanidine groups is 1. The Morgan fingerprint density at radius 1 is 1.13 bits per heavy atom. The number of hydrogen-bond donors (Lipinski definition) is 3. The second kappa shape index (κ2) is 9.96. The molecule has 0 aliphatic carbocycles. The van der Waals surface area contributed by atoms with Crippen molar-refractivity contribution >= 4 is 5.96 Å². The molecule has 1 aromatic heterocycles. The molecule has 0 fully saturated rings. The molecule has 3 rings (SSSR count). The van der Waals surface area contributed by atoms with Gasteiger partial charge in [0.2, 0.25) is 0 Å². The predicted molar refractivity (Wildman–Crippen MR) is 112 cm³/mol. The minimum absolute atomic E-state index is 0.194. The largest absolute Gasteiger partial charge is 0.484 e. The van der Waals surface area contributed by atoms with Crippen LogP contribution in [0.2, 0.25) is 0 Å². The van der Waals surface area contributed by atoms with Crippen LogP contribution in [-0.2, 0) is 13.1 Å². The van der Waals surface area contributed by atoms with Crippen LogP contribution in [0.3, 0.4) is 0 Å². The van der Waals surface area contributed by atoms with Crippen molar-refractivity contribution in [2.24, 2.45) is 4.99 Å². The van der Waals surface area contributed by atoms with Gasteiger partial charge in [-0.3, -0.25) is 10.1 Å². The Balaban J connectivity index is 1.60. The number of aromatic nitrogens is 3. The third kappa shape index (κ3) is 6.73. The Morgan fingerprint density at radius 3 is 2.65 bits per heavy atom. The van der Waals surface area contributed by atoms with Gasteiger partial charge in [0.1, 0.15) is 12.1 Å². The van der Waals surface area contributed by atoms with E-state index in [1.54, 1.807) is 26.1 Å². The molecule has 0 aliphatic heterocycles.